The van der Waals surface area contributed by atoms with Crippen molar-refractivity contribution < 1.29 is 23.8 Å². The molecule has 14 heavy (non-hydrogen) atoms. The first-order valence-corrected chi connectivity index (χ1v) is 3.82. The molecule has 0 bridgehead atoms. The zero-order chi connectivity index (χ0) is 10.4. The lowest BCUT2D eigenvalue weighted by atomic mass is 10.7. The third-order valence-electron chi connectivity index (χ3n) is 1.23. The molecule has 7 heteroatoms. The number of nitrogens with zero attached hydrogens (tertiary/aromatic N) is 2. The zero-order valence-electron chi connectivity index (χ0n) is 7.60. The van der Waals surface area contributed by atoms with Crippen molar-refractivity contribution in [2.45, 2.75) is 13.2 Å². The number of ether oxygens (including phenoxy) is 2. The van der Waals surface area contributed by atoms with Crippen LogP contribution in [0.2, 0.25) is 0 Å². The minimum Gasteiger partial charge on any atom is -0.480 e. The van der Waals surface area contributed by atoms with Crippen molar-refractivity contribution in [3.63, 3.8) is 0 Å². The lowest BCUT2D eigenvalue weighted by Gasteiger charge is -1.94. The maximum Gasteiger partial charge on any atom is 0.329 e. The summed E-state index contributed by atoms with van der Waals surface area (Å²) in [5.41, 5.74) is 0. The standard InChI is InChI=1S/C7H10N2O5/c1-12-2-5-8-9-6(14-5)3-13-4-7(10)11/h2-4H2,1H3,(H,10,11). The Labute approximate surface area is 79.6 Å². The van der Waals surface area contributed by atoms with Crippen LogP contribution in [0.15, 0.2) is 4.42 Å². The van der Waals surface area contributed by atoms with E-state index in [9.17, 15) is 4.79 Å². The Morgan fingerprint density at radius 1 is 1.43 bits per heavy atom. The molecule has 0 aliphatic carbocycles. The molecular weight excluding hydrogens is 192 g/mol. The summed E-state index contributed by atoms with van der Waals surface area (Å²) in [6, 6.07) is 0. The van der Waals surface area contributed by atoms with Crippen molar-refractivity contribution >= 4 is 5.97 Å². The largest absolute Gasteiger partial charge is 0.480 e. The Bertz CT molecular complexity index is 298. The number of rotatable bonds is 6. The number of aliphatic carboxylic acids is 1. The molecule has 78 valence electrons. The molecule has 0 unspecified atom stereocenters. The van der Waals surface area contributed by atoms with E-state index in [1.54, 1.807) is 0 Å². The molecule has 7 nitrogen and oxygen atoms in total. The van der Waals surface area contributed by atoms with Gasteiger partial charge in [-0.05, 0) is 0 Å². The molecule has 0 saturated carbocycles. The molecule has 1 rings (SSSR count). The van der Waals surface area contributed by atoms with E-state index in [1.807, 2.05) is 0 Å². The van der Waals surface area contributed by atoms with E-state index in [0.29, 0.717) is 5.89 Å². The topological polar surface area (TPSA) is 94.7 Å². The monoisotopic (exact) mass is 202 g/mol. The Kier molecular flexibility index (Phi) is 4.02. The minimum absolute atomic E-state index is 0.0109. The normalized spacial score (nSPS) is 10.4. The van der Waals surface area contributed by atoms with Gasteiger partial charge in [0.05, 0.1) is 0 Å². The maximum absolute atomic E-state index is 10.1. The summed E-state index contributed by atoms with van der Waals surface area (Å²) in [5.74, 6) is -0.471. The van der Waals surface area contributed by atoms with Gasteiger partial charge >= 0.3 is 5.97 Å². The molecule has 1 aromatic heterocycles. The Balaban J connectivity index is 2.32. The molecule has 1 N–H and O–H groups in total. The Morgan fingerprint density at radius 3 is 2.64 bits per heavy atom. The highest BCUT2D eigenvalue weighted by Gasteiger charge is 2.06. The summed E-state index contributed by atoms with van der Waals surface area (Å²) in [5, 5.41) is 15.5. The van der Waals surface area contributed by atoms with Crippen LogP contribution in [0.1, 0.15) is 11.8 Å². The molecule has 0 atom stereocenters. The second-order valence-corrected chi connectivity index (χ2v) is 2.41. The zero-order valence-corrected chi connectivity index (χ0v) is 7.60. The summed E-state index contributed by atoms with van der Waals surface area (Å²) in [7, 11) is 1.50. The summed E-state index contributed by atoms with van der Waals surface area (Å²) < 4.78 is 14.5. The van der Waals surface area contributed by atoms with Crippen LogP contribution < -0.4 is 0 Å². The fraction of sp³-hybridized carbons (Fsp3) is 0.571. The van der Waals surface area contributed by atoms with Crippen LogP contribution in [-0.2, 0) is 27.5 Å². The van der Waals surface area contributed by atoms with E-state index < -0.39 is 5.97 Å². The van der Waals surface area contributed by atoms with Gasteiger partial charge < -0.3 is 19.0 Å². The highest BCUT2D eigenvalue weighted by Crippen LogP contribution is 2.01. The lowest BCUT2D eigenvalue weighted by molar-refractivity contribution is -0.142. The van der Waals surface area contributed by atoms with Crippen molar-refractivity contribution in [1.29, 1.82) is 0 Å². The van der Waals surface area contributed by atoms with Crippen LogP contribution >= 0.6 is 0 Å². The van der Waals surface area contributed by atoms with E-state index in [2.05, 4.69) is 10.2 Å². The molecule has 0 fully saturated rings. The van der Waals surface area contributed by atoms with Crippen LogP contribution in [0.5, 0.6) is 0 Å². The second-order valence-electron chi connectivity index (χ2n) is 2.41. The summed E-state index contributed by atoms with van der Waals surface area (Å²) in [6.07, 6.45) is 0. The van der Waals surface area contributed by atoms with Gasteiger partial charge in [0.2, 0.25) is 11.8 Å². The van der Waals surface area contributed by atoms with Gasteiger partial charge in [0.15, 0.2) is 0 Å². The third-order valence-corrected chi connectivity index (χ3v) is 1.23. The van der Waals surface area contributed by atoms with Gasteiger partial charge in [-0.1, -0.05) is 0 Å². The Hall–Kier alpha value is -1.47. The average molecular weight is 202 g/mol. The first-order chi connectivity index (χ1) is 6.72. The van der Waals surface area contributed by atoms with Gasteiger partial charge in [-0.25, -0.2) is 4.79 Å². The van der Waals surface area contributed by atoms with E-state index in [1.165, 1.54) is 7.11 Å². The van der Waals surface area contributed by atoms with Gasteiger partial charge in [-0.15, -0.1) is 10.2 Å². The van der Waals surface area contributed by atoms with Gasteiger partial charge in [0.25, 0.3) is 0 Å². The molecule has 0 amide bonds. The smallest absolute Gasteiger partial charge is 0.329 e. The highest BCUT2D eigenvalue weighted by molar-refractivity contribution is 5.67. The molecule has 0 aliphatic rings. The van der Waals surface area contributed by atoms with Crippen molar-refractivity contribution in [2.75, 3.05) is 13.7 Å². The molecule has 0 saturated heterocycles. The van der Waals surface area contributed by atoms with Gasteiger partial charge in [-0.2, -0.15) is 0 Å². The van der Waals surface area contributed by atoms with Crippen LogP contribution in [0.25, 0.3) is 0 Å². The number of aromatic nitrogens is 2. The van der Waals surface area contributed by atoms with E-state index in [4.69, 9.17) is 19.0 Å². The van der Waals surface area contributed by atoms with Crippen LogP contribution in [0.3, 0.4) is 0 Å². The number of carboxylic acid groups (broad SMARTS) is 1. The van der Waals surface area contributed by atoms with Crippen LogP contribution in [0.4, 0.5) is 0 Å². The first kappa shape index (κ1) is 10.6. The number of methoxy groups -OCH3 is 1. The predicted octanol–water partition coefficient (Wildman–Crippen LogP) is -0.183. The predicted molar refractivity (Wildman–Crippen MR) is 42.3 cm³/mol. The highest BCUT2D eigenvalue weighted by atomic mass is 16.5. The van der Waals surface area contributed by atoms with Crippen molar-refractivity contribution in [3.05, 3.63) is 11.8 Å². The fourth-order valence-corrected chi connectivity index (χ4v) is 0.754. The molecule has 0 aromatic carbocycles. The molecule has 1 heterocycles. The molecule has 1 aromatic rings. The van der Waals surface area contributed by atoms with Gasteiger partial charge in [0, 0.05) is 7.11 Å². The SMILES string of the molecule is COCc1nnc(COCC(=O)O)o1. The van der Waals surface area contributed by atoms with E-state index in [0.717, 1.165) is 0 Å². The number of hydrogen-bond donors (Lipinski definition) is 1. The minimum atomic E-state index is -1.04. The molecule has 0 spiro atoms. The van der Waals surface area contributed by atoms with Gasteiger partial charge in [0.1, 0.15) is 19.8 Å². The Morgan fingerprint density at radius 2 is 2.07 bits per heavy atom. The number of carboxylic acids is 1. The van der Waals surface area contributed by atoms with Crippen molar-refractivity contribution in [1.82, 2.24) is 10.2 Å². The van der Waals surface area contributed by atoms with E-state index in [-0.39, 0.29) is 25.7 Å². The quantitative estimate of drug-likeness (QED) is 0.683. The molecular formula is C7H10N2O5. The maximum atomic E-state index is 10.1. The lowest BCUT2D eigenvalue weighted by Crippen LogP contribution is -2.06. The van der Waals surface area contributed by atoms with Crippen LogP contribution in [-0.4, -0.2) is 35.0 Å². The fourth-order valence-electron chi connectivity index (χ4n) is 0.754. The number of carbonyl (C=O) groups is 1. The molecule has 0 radical (unpaired) electrons. The van der Waals surface area contributed by atoms with E-state index >= 15 is 0 Å². The third kappa shape index (κ3) is 3.50. The number of hydrogen-bond acceptors (Lipinski definition) is 6. The van der Waals surface area contributed by atoms with Crippen molar-refractivity contribution in [2.24, 2.45) is 0 Å². The van der Waals surface area contributed by atoms with Crippen molar-refractivity contribution in [3.8, 4) is 0 Å². The second kappa shape index (κ2) is 5.30. The first-order valence-electron chi connectivity index (χ1n) is 3.82. The van der Waals surface area contributed by atoms with Gasteiger partial charge in [-0.3, -0.25) is 0 Å². The molecule has 0 aliphatic heterocycles. The summed E-state index contributed by atoms with van der Waals surface area (Å²) in [6.45, 7) is -0.170. The summed E-state index contributed by atoms with van der Waals surface area (Å²) >= 11 is 0. The van der Waals surface area contributed by atoms with Crippen LogP contribution in [0, 0.1) is 0 Å². The average Bonchev–Trinajstić information content (AvgIpc) is 2.53. The summed E-state index contributed by atoms with van der Waals surface area (Å²) in [4.78, 5) is 10.1.